The topological polar surface area (TPSA) is 43.9 Å². The van der Waals surface area contributed by atoms with Gasteiger partial charge in [0.1, 0.15) is 5.70 Å². The van der Waals surface area contributed by atoms with Gasteiger partial charge in [0, 0.05) is 36.8 Å². The van der Waals surface area contributed by atoms with Gasteiger partial charge in [0.25, 0.3) is 11.8 Å². The molecule has 0 N–H and O–H groups in total. The lowest BCUT2D eigenvalue weighted by atomic mass is 10.0. The number of benzene rings is 2. The zero-order valence-electron chi connectivity index (χ0n) is 17.9. The van der Waals surface area contributed by atoms with Gasteiger partial charge in [0.2, 0.25) is 0 Å². The number of nitrogens with zero attached hydrogens (tertiary/aromatic N) is 3. The van der Waals surface area contributed by atoms with Crippen LogP contribution in [0.5, 0.6) is 0 Å². The molecule has 2 amide bonds. The standard InChI is InChI=1S/C24H25Cl2N3O2/c1-4-27-9-11-28(12-10-27)22-21(18-8-7-17(25)14-19(18)26)23(30)29(24(22)31)20-13-15(2)5-6-16(20)3/h5-8,13-14H,4,9-12H2,1-3H3. The molecular formula is C24H25Cl2N3O2. The Morgan fingerprint density at radius 2 is 1.61 bits per heavy atom. The van der Waals surface area contributed by atoms with E-state index in [2.05, 4.69) is 11.8 Å². The van der Waals surface area contributed by atoms with Gasteiger partial charge in [-0.2, -0.15) is 0 Å². The van der Waals surface area contributed by atoms with E-state index in [0.29, 0.717) is 45.7 Å². The molecule has 0 saturated carbocycles. The molecule has 2 aliphatic heterocycles. The minimum Gasteiger partial charge on any atom is -0.364 e. The number of hydrogen-bond acceptors (Lipinski definition) is 4. The molecule has 2 aromatic carbocycles. The van der Waals surface area contributed by atoms with Gasteiger partial charge in [0.05, 0.1) is 16.3 Å². The van der Waals surface area contributed by atoms with Crippen LogP contribution in [0.15, 0.2) is 42.1 Å². The molecule has 31 heavy (non-hydrogen) atoms. The van der Waals surface area contributed by atoms with E-state index in [9.17, 15) is 9.59 Å². The molecule has 2 aromatic rings. The van der Waals surface area contributed by atoms with Gasteiger partial charge in [-0.1, -0.05) is 48.3 Å². The number of anilines is 1. The SMILES string of the molecule is CCN1CCN(C2=C(c3ccc(Cl)cc3Cl)C(=O)N(c3cc(C)ccc3C)C2=O)CC1. The van der Waals surface area contributed by atoms with Gasteiger partial charge < -0.3 is 9.80 Å². The van der Waals surface area contributed by atoms with E-state index in [1.165, 1.54) is 4.90 Å². The summed E-state index contributed by atoms with van der Waals surface area (Å²) in [6.07, 6.45) is 0. The summed E-state index contributed by atoms with van der Waals surface area (Å²) in [5, 5.41) is 0.840. The largest absolute Gasteiger partial charge is 0.364 e. The minimum absolute atomic E-state index is 0.301. The van der Waals surface area contributed by atoms with E-state index in [0.717, 1.165) is 30.8 Å². The van der Waals surface area contributed by atoms with Crippen LogP contribution in [0.2, 0.25) is 10.0 Å². The van der Waals surface area contributed by atoms with Crippen molar-refractivity contribution in [3.05, 3.63) is 68.8 Å². The quantitative estimate of drug-likeness (QED) is 0.632. The van der Waals surface area contributed by atoms with Crippen molar-refractivity contribution in [2.75, 3.05) is 37.6 Å². The van der Waals surface area contributed by atoms with E-state index in [1.54, 1.807) is 18.2 Å². The van der Waals surface area contributed by atoms with Gasteiger partial charge in [-0.15, -0.1) is 0 Å². The number of amides is 2. The van der Waals surface area contributed by atoms with Crippen molar-refractivity contribution in [3.8, 4) is 0 Å². The van der Waals surface area contributed by atoms with E-state index < -0.39 is 0 Å². The van der Waals surface area contributed by atoms with Crippen molar-refractivity contribution >= 4 is 46.3 Å². The maximum absolute atomic E-state index is 13.7. The fraction of sp³-hybridized carbons (Fsp3) is 0.333. The van der Waals surface area contributed by atoms with Crippen molar-refractivity contribution < 1.29 is 9.59 Å². The van der Waals surface area contributed by atoms with Crippen LogP contribution < -0.4 is 4.90 Å². The zero-order chi connectivity index (χ0) is 22.3. The van der Waals surface area contributed by atoms with Crippen LogP contribution in [0.25, 0.3) is 5.57 Å². The van der Waals surface area contributed by atoms with Crippen LogP contribution in [-0.2, 0) is 9.59 Å². The second kappa shape index (κ2) is 8.65. The van der Waals surface area contributed by atoms with Crippen LogP contribution >= 0.6 is 23.2 Å². The smallest absolute Gasteiger partial charge is 0.282 e. The summed E-state index contributed by atoms with van der Waals surface area (Å²) < 4.78 is 0. The molecule has 2 heterocycles. The first-order valence-electron chi connectivity index (χ1n) is 10.4. The summed E-state index contributed by atoms with van der Waals surface area (Å²) >= 11 is 12.6. The molecule has 0 radical (unpaired) electrons. The lowest BCUT2D eigenvalue weighted by Gasteiger charge is -2.36. The molecule has 0 bridgehead atoms. The number of carbonyl (C=O) groups excluding carboxylic acids is 2. The zero-order valence-corrected chi connectivity index (χ0v) is 19.4. The van der Waals surface area contributed by atoms with E-state index in [1.807, 2.05) is 36.9 Å². The van der Waals surface area contributed by atoms with Gasteiger partial charge in [-0.25, -0.2) is 4.90 Å². The lowest BCUT2D eigenvalue weighted by molar-refractivity contribution is -0.120. The van der Waals surface area contributed by atoms with Gasteiger partial charge in [-0.3, -0.25) is 9.59 Å². The number of carbonyl (C=O) groups is 2. The highest BCUT2D eigenvalue weighted by Crippen LogP contribution is 2.39. The molecule has 7 heteroatoms. The predicted molar refractivity (Wildman–Crippen MR) is 125 cm³/mol. The molecule has 2 aliphatic rings. The average Bonchev–Trinajstić information content (AvgIpc) is 3.00. The predicted octanol–water partition coefficient (Wildman–Crippen LogP) is 4.53. The summed E-state index contributed by atoms with van der Waals surface area (Å²) in [7, 11) is 0. The summed E-state index contributed by atoms with van der Waals surface area (Å²) in [6, 6.07) is 10.8. The second-order valence-electron chi connectivity index (χ2n) is 8.00. The Morgan fingerprint density at radius 1 is 0.903 bits per heavy atom. The first-order valence-corrected chi connectivity index (χ1v) is 11.2. The first kappa shape index (κ1) is 21.9. The summed E-state index contributed by atoms with van der Waals surface area (Å²) in [5.74, 6) is -0.652. The molecule has 1 saturated heterocycles. The maximum atomic E-state index is 13.7. The van der Waals surface area contributed by atoms with Gasteiger partial charge in [-0.05, 0) is 49.7 Å². The Bertz CT molecular complexity index is 1090. The van der Waals surface area contributed by atoms with Crippen LogP contribution in [0.1, 0.15) is 23.6 Å². The molecular weight excluding hydrogens is 433 g/mol. The molecule has 0 unspecified atom stereocenters. The Labute approximate surface area is 192 Å². The Morgan fingerprint density at radius 3 is 2.26 bits per heavy atom. The van der Waals surface area contributed by atoms with Crippen molar-refractivity contribution in [1.82, 2.24) is 9.80 Å². The van der Waals surface area contributed by atoms with Crippen molar-refractivity contribution in [1.29, 1.82) is 0 Å². The molecule has 1 fully saturated rings. The van der Waals surface area contributed by atoms with Gasteiger partial charge >= 0.3 is 0 Å². The fourth-order valence-corrected chi connectivity index (χ4v) is 4.72. The van der Waals surface area contributed by atoms with E-state index in [-0.39, 0.29) is 11.8 Å². The number of hydrogen-bond donors (Lipinski definition) is 0. The van der Waals surface area contributed by atoms with E-state index >= 15 is 0 Å². The van der Waals surface area contributed by atoms with Crippen LogP contribution in [-0.4, -0.2) is 54.3 Å². The number of likely N-dealkylation sites (N-methyl/N-ethyl adjacent to an activating group) is 1. The summed E-state index contributed by atoms with van der Waals surface area (Å²) in [5.41, 5.74) is 3.76. The second-order valence-corrected chi connectivity index (χ2v) is 8.85. The lowest BCUT2D eigenvalue weighted by Crippen LogP contribution is -2.47. The third kappa shape index (κ3) is 3.98. The molecule has 0 aliphatic carbocycles. The van der Waals surface area contributed by atoms with Crippen molar-refractivity contribution in [3.63, 3.8) is 0 Å². The highest BCUT2D eigenvalue weighted by Gasteiger charge is 2.44. The van der Waals surface area contributed by atoms with Crippen LogP contribution in [0, 0.1) is 13.8 Å². The monoisotopic (exact) mass is 457 g/mol. The van der Waals surface area contributed by atoms with E-state index in [4.69, 9.17) is 23.2 Å². The summed E-state index contributed by atoms with van der Waals surface area (Å²) in [4.78, 5) is 33.1. The number of rotatable bonds is 4. The number of piperazine rings is 1. The van der Waals surface area contributed by atoms with Gasteiger partial charge in [0.15, 0.2) is 0 Å². The Kier molecular flexibility index (Phi) is 6.11. The maximum Gasteiger partial charge on any atom is 0.282 e. The number of aryl methyl sites for hydroxylation is 2. The van der Waals surface area contributed by atoms with Crippen molar-refractivity contribution in [2.24, 2.45) is 0 Å². The summed E-state index contributed by atoms with van der Waals surface area (Å²) in [6.45, 7) is 9.98. The molecule has 0 atom stereocenters. The van der Waals surface area contributed by atoms with Crippen LogP contribution in [0.3, 0.4) is 0 Å². The molecule has 4 rings (SSSR count). The average molecular weight is 458 g/mol. The highest BCUT2D eigenvalue weighted by molar-refractivity contribution is 6.47. The molecule has 5 nitrogen and oxygen atoms in total. The number of imide groups is 1. The molecule has 162 valence electrons. The third-order valence-electron chi connectivity index (χ3n) is 6.00. The molecule has 0 aromatic heterocycles. The Balaban J connectivity index is 1.84. The Hall–Kier alpha value is -2.34. The number of halogens is 2. The third-order valence-corrected chi connectivity index (χ3v) is 6.55. The van der Waals surface area contributed by atoms with Crippen LogP contribution in [0.4, 0.5) is 5.69 Å². The normalized spacial score (nSPS) is 17.8. The molecule has 0 spiro atoms. The fourth-order valence-electron chi connectivity index (χ4n) is 4.21. The van der Waals surface area contributed by atoms with Crippen molar-refractivity contribution in [2.45, 2.75) is 20.8 Å². The minimum atomic E-state index is -0.351. The highest BCUT2D eigenvalue weighted by atomic mass is 35.5. The first-order chi connectivity index (χ1) is 14.8.